The van der Waals surface area contributed by atoms with Crippen LogP contribution in [-0.2, 0) is 16.9 Å². The zero-order valence-corrected chi connectivity index (χ0v) is 8.43. The highest BCUT2D eigenvalue weighted by atomic mass is 35.5. The fourth-order valence-corrected chi connectivity index (χ4v) is 1.70. The predicted octanol–water partition coefficient (Wildman–Crippen LogP) is 2.29. The summed E-state index contributed by atoms with van der Waals surface area (Å²) in [6.07, 6.45) is 0.919. The maximum atomic E-state index is 5.78. The minimum absolute atomic E-state index is 0.227. The van der Waals surface area contributed by atoms with Gasteiger partial charge in [-0.15, -0.1) is 5.10 Å². The SMILES string of the molecule is CCC1(C)OCc2nnc(Cl)cc21. The van der Waals surface area contributed by atoms with E-state index in [9.17, 15) is 0 Å². The maximum absolute atomic E-state index is 5.78. The van der Waals surface area contributed by atoms with Crippen LogP contribution in [0.4, 0.5) is 0 Å². The van der Waals surface area contributed by atoms with Gasteiger partial charge in [-0.1, -0.05) is 18.5 Å². The van der Waals surface area contributed by atoms with E-state index >= 15 is 0 Å². The molecule has 1 aromatic rings. The molecule has 2 rings (SSSR count). The van der Waals surface area contributed by atoms with Crippen molar-refractivity contribution in [2.75, 3.05) is 0 Å². The highest BCUT2D eigenvalue weighted by molar-refractivity contribution is 6.29. The van der Waals surface area contributed by atoms with Crippen LogP contribution in [-0.4, -0.2) is 10.2 Å². The number of hydrogen-bond donors (Lipinski definition) is 0. The van der Waals surface area contributed by atoms with Gasteiger partial charge in [0.25, 0.3) is 0 Å². The van der Waals surface area contributed by atoms with Crippen molar-refractivity contribution in [1.82, 2.24) is 10.2 Å². The molecule has 2 heterocycles. The third kappa shape index (κ3) is 1.32. The largest absolute Gasteiger partial charge is 0.364 e. The Labute approximate surface area is 82.1 Å². The lowest BCUT2D eigenvalue weighted by atomic mass is 9.95. The van der Waals surface area contributed by atoms with Gasteiger partial charge >= 0.3 is 0 Å². The first-order chi connectivity index (χ1) is 6.15. The number of fused-ring (bicyclic) bond motifs is 1. The fourth-order valence-electron chi connectivity index (χ4n) is 1.56. The molecule has 0 fully saturated rings. The van der Waals surface area contributed by atoms with E-state index in [1.807, 2.05) is 6.07 Å². The van der Waals surface area contributed by atoms with Gasteiger partial charge in [-0.3, -0.25) is 0 Å². The van der Waals surface area contributed by atoms with Crippen LogP contribution in [0.5, 0.6) is 0 Å². The van der Waals surface area contributed by atoms with Gasteiger partial charge in [0.05, 0.1) is 17.9 Å². The molecule has 3 nitrogen and oxygen atoms in total. The van der Waals surface area contributed by atoms with E-state index < -0.39 is 0 Å². The minimum atomic E-state index is -0.227. The molecule has 0 N–H and O–H groups in total. The molecule has 0 aliphatic carbocycles. The second kappa shape index (κ2) is 2.93. The number of rotatable bonds is 1. The molecular weight excluding hydrogens is 188 g/mol. The van der Waals surface area contributed by atoms with E-state index in [1.54, 1.807) is 0 Å². The summed E-state index contributed by atoms with van der Waals surface area (Å²) >= 11 is 5.78. The Balaban J connectivity index is 2.52. The van der Waals surface area contributed by atoms with Crippen molar-refractivity contribution in [3.05, 3.63) is 22.5 Å². The molecule has 1 aliphatic rings. The van der Waals surface area contributed by atoms with Crippen molar-refractivity contribution < 1.29 is 4.74 Å². The van der Waals surface area contributed by atoms with Gasteiger partial charge < -0.3 is 4.74 Å². The summed E-state index contributed by atoms with van der Waals surface area (Å²) in [4.78, 5) is 0. The Morgan fingerprint density at radius 1 is 1.62 bits per heavy atom. The van der Waals surface area contributed by atoms with E-state index in [2.05, 4.69) is 24.0 Å². The molecule has 4 heteroatoms. The second-order valence-electron chi connectivity index (χ2n) is 3.40. The number of nitrogens with zero attached hydrogens (tertiary/aromatic N) is 2. The fraction of sp³-hybridized carbons (Fsp3) is 0.556. The number of halogens is 1. The predicted molar refractivity (Wildman–Crippen MR) is 49.5 cm³/mol. The Hall–Kier alpha value is -0.670. The first kappa shape index (κ1) is 8.91. The topological polar surface area (TPSA) is 35.0 Å². The normalized spacial score (nSPS) is 26.1. The van der Waals surface area contributed by atoms with Crippen LogP contribution >= 0.6 is 11.6 Å². The Kier molecular flexibility index (Phi) is 2.00. The van der Waals surface area contributed by atoms with Crippen molar-refractivity contribution in [2.24, 2.45) is 0 Å². The molecule has 0 amide bonds. The Bertz CT molecular complexity index is 342. The number of hydrogen-bond acceptors (Lipinski definition) is 3. The number of ether oxygens (including phenoxy) is 1. The van der Waals surface area contributed by atoms with Gasteiger partial charge in [0, 0.05) is 5.56 Å². The van der Waals surface area contributed by atoms with Crippen LogP contribution in [0, 0.1) is 0 Å². The third-order valence-corrected chi connectivity index (χ3v) is 2.80. The van der Waals surface area contributed by atoms with Crippen LogP contribution < -0.4 is 0 Å². The molecule has 1 aromatic heterocycles. The van der Waals surface area contributed by atoms with Gasteiger partial charge in [0.1, 0.15) is 0 Å². The lowest BCUT2D eigenvalue weighted by Gasteiger charge is -2.21. The second-order valence-corrected chi connectivity index (χ2v) is 3.79. The smallest absolute Gasteiger partial charge is 0.152 e. The summed E-state index contributed by atoms with van der Waals surface area (Å²) in [5.74, 6) is 0. The van der Waals surface area contributed by atoms with Crippen LogP contribution in [0.1, 0.15) is 31.5 Å². The molecular formula is C9H11ClN2O. The van der Waals surface area contributed by atoms with E-state index in [1.165, 1.54) is 0 Å². The average Bonchev–Trinajstić information content (AvgIpc) is 2.45. The molecule has 0 radical (unpaired) electrons. The van der Waals surface area contributed by atoms with Gasteiger partial charge in [-0.05, 0) is 19.4 Å². The molecule has 1 aliphatic heterocycles. The Morgan fingerprint density at radius 2 is 2.38 bits per heavy atom. The summed E-state index contributed by atoms with van der Waals surface area (Å²) in [5.41, 5.74) is 1.76. The first-order valence-corrected chi connectivity index (χ1v) is 4.70. The molecule has 0 spiro atoms. The summed E-state index contributed by atoms with van der Waals surface area (Å²) < 4.78 is 5.65. The molecule has 0 saturated heterocycles. The molecule has 0 aromatic carbocycles. The third-order valence-electron chi connectivity index (χ3n) is 2.61. The monoisotopic (exact) mass is 198 g/mol. The zero-order valence-electron chi connectivity index (χ0n) is 7.67. The van der Waals surface area contributed by atoms with Crippen LogP contribution in [0.25, 0.3) is 0 Å². The summed E-state index contributed by atoms with van der Waals surface area (Å²) in [7, 11) is 0. The average molecular weight is 199 g/mol. The number of aromatic nitrogens is 2. The van der Waals surface area contributed by atoms with Crippen LogP contribution in [0.15, 0.2) is 6.07 Å². The highest BCUT2D eigenvalue weighted by Gasteiger charge is 2.35. The maximum Gasteiger partial charge on any atom is 0.152 e. The zero-order chi connectivity index (χ0) is 9.47. The van der Waals surface area contributed by atoms with Gasteiger partial charge in [0.2, 0.25) is 0 Å². The van der Waals surface area contributed by atoms with Crippen molar-refractivity contribution in [3.8, 4) is 0 Å². The van der Waals surface area contributed by atoms with Crippen molar-refractivity contribution in [1.29, 1.82) is 0 Å². The van der Waals surface area contributed by atoms with Crippen LogP contribution in [0.3, 0.4) is 0 Å². The van der Waals surface area contributed by atoms with E-state index in [0.29, 0.717) is 11.8 Å². The van der Waals surface area contributed by atoms with Crippen molar-refractivity contribution in [3.63, 3.8) is 0 Å². The molecule has 1 atom stereocenters. The highest BCUT2D eigenvalue weighted by Crippen LogP contribution is 2.38. The van der Waals surface area contributed by atoms with E-state index in [4.69, 9.17) is 16.3 Å². The molecule has 13 heavy (non-hydrogen) atoms. The van der Waals surface area contributed by atoms with Crippen LogP contribution in [0.2, 0.25) is 5.15 Å². The van der Waals surface area contributed by atoms with Gasteiger partial charge in [-0.2, -0.15) is 5.10 Å². The minimum Gasteiger partial charge on any atom is -0.364 e. The lowest BCUT2D eigenvalue weighted by molar-refractivity contribution is -0.0264. The van der Waals surface area contributed by atoms with Crippen molar-refractivity contribution in [2.45, 2.75) is 32.5 Å². The van der Waals surface area contributed by atoms with Gasteiger partial charge in [0.15, 0.2) is 5.15 Å². The molecule has 0 bridgehead atoms. The summed E-state index contributed by atoms with van der Waals surface area (Å²) in [6, 6.07) is 1.85. The first-order valence-electron chi connectivity index (χ1n) is 4.32. The van der Waals surface area contributed by atoms with E-state index in [0.717, 1.165) is 17.7 Å². The quantitative estimate of drug-likeness (QED) is 0.695. The molecule has 1 unspecified atom stereocenters. The van der Waals surface area contributed by atoms with E-state index in [-0.39, 0.29) is 5.60 Å². The molecule has 70 valence electrons. The lowest BCUT2D eigenvalue weighted by Crippen LogP contribution is -2.19. The molecule has 0 saturated carbocycles. The van der Waals surface area contributed by atoms with Gasteiger partial charge in [-0.25, -0.2) is 0 Å². The van der Waals surface area contributed by atoms with Crippen molar-refractivity contribution >= 4 is 11.6 Å². The summed E-state index contributed by atoms with van der Waals surface area (Å²) in [6.45, 7) is 4.68. The standard InChI is InChI=1S/C9H11ClN2O/c1-3-9(2)6-4-8(10)12-11-7(6)5-13-9/h4H,3,5H2,1-2H3. The summed E-state index contributed by atoms with van der Waals surface area (Å²) in [5, 5.41) is 8.22. The Morgan fingerprint density at radius 3 is 3.08 bits per heavy atom.